The maximum absolute atomic E-state index is 14.2. The lowest BCUT2D eigenvalue weighted by Gasteiger charge is -2.32. The number of rotatable bonds is 12. The molecule has 2 atom stereocenters. The van der Waals surface area contributed by atoms with Crippen molar-refractivity contribution in [2.24, 2.45) is 0 Å². The Kier molecular flexibility index (Phi) is 10.5. The molecule has 2 saturated heterocycles. The van der Waals surface area contributed by atoms with Gasteiger partial charge >= 0.3 is 12.1 Å². The molecular weight excluding hydrogens is 616 g/mol. The normalized spacial score (nSPS) is 21.7. The van der Waals surface area contributed by atoms with Crippen LogP contribution < -0.4 is 15.4 Å². The van der Waals surface area contributed by atoms with Crippen LogP contribution in [-0.2, 0) is 31.3 Å². The van der Waals surface area contributed by atoms with E-state index < -0.39 is 48.7 Å². The summed E-state index contributed by atoms with van der Waals surface area (Å²) in [6.45, 7) is 18.6. The average Bonchev–Trinajstić information content (AvgIpc) is 3.37. The number of ether oxygens (including phenoxy) is 3. The second-order valence-corrected chi connectivity index (χ2v) is 20.8. The standard InChI is InChI=1S/C35H50N4O7Si/c1-24-10-11-25(2)26(20-24)21-45-28-14-12-27(13-15-28)35(46-32(43)37-33(3,4)5)16-17-38(30(35)41)22-34(6)29(40)39(31(42)36-34)23-44-18-19-47(7,8)9/h10-15,20H,16-19,21-23H2,1-9H3,(H,36,42)(H,37,43). The van der Waals surface area contributed by atoms with E-state index in [1.54, 1.807) is 31.2 Å². The Morgan fingerprint density at radius 2 is 1.70 bits per heavy atom. The number of carbonyl (C=O) groups excluding carboxylic acids is 4. The minimum Gasteiger partial charge on any atom is -0.489 e. The molecule has 2 N–H and O–H groups in total. The van der Waals surface area contributed by atoms with Crippen LogP contribution in [-0.4, -0.2) is 79.3 Å². The Morgan fingerprint density at radius 1 is 1.02 bits per heavy atom. The van der Waals surface area contributed by atoms with Gasteiger partial charge in [-0.3, -0.25) is 9.59 Å². The van der Waals surface area contributed by atoms with E-state index in [0.29, 0.717) is 24.5 Å². The molecule has 0 spiro atoms. The number of benzene rings is 2. The first-order valence-corrected chi connectivity index (χ1v) is 19.8. The van der Waals surface area contributed by atoms with Crippen LogP contribution in [0.15, 0.2) is 42.5 Å². The number of aryl methyl sites for hydroxylation is 2. The van der Waals surface area contributed by atoms with Gasteiger partial charge in [-0.2, -0.15) is 0 Å². The topological polar surface area (TPSA) is 127 Å². The van der Waals surface area contributed by atoms with Crippen molar-refractivity contribution < 1.29 is 33.4 Å². The summed E-state index contributed by atoms with van der Waals surface area (Å²) in [5.74, 6) is -0.346. The van der Waals surface area contributed by atoms with Crippen LogP contribution >= 0.6 is 0 Å². The van der Waals surface area contributed by atoms with Gasteiger partial charge < -0.3 is 29.7 Å². The molecule has 2 unspecified atom stereocenters. The van der Waals surface area contributed by atoms with E-state index in [9.17, 15) is 19.2 Å². The molecule has 5 amide bonds. The van der Waals surface area contributed by atoms with E-state index in [2.05, 4.69) is 48.5 Å². The maximum atomic E-state index is 14.2. The number of imide groups is 1. The highest BCUT2D eigenvalue weighted by molar-refractivity contribution is 6.76. The molecule has 2 aromatic carbocycles. The fraction of sp³-hybridized carbons (Fsp3) is 0.543. The molecule has 0 aliphatic carbocycles. The number of carbonyl (C=O) groups is 4. The van der Waals surface area contributed by atoms with Crippen LogP contribution in [0.3, 0.4) is 0 Å². The quantitative estimate of drug-likeness (QED) is 0.175. The second-order valence-electron chi connectivity index (χ2n) is 15.2. The second kappa shape index (κ2) is 13.7. The van der Waals surface area contributed by atoms with Gasteiger partial charge in [0, 0.05) is 38.7 Å². The molecule has 2 fully saturated rings. The number of amides is 5. The number of alkyl carbamates (subject to hydrolysis) is 1. The van der Waals surface area contributed by atoms with Gasteiger partial charge in [-0.15, -0.1) is 0 Å². The van der Waals surface area contributed by atoms with Crippen molar-refractivity contribution in [3.63, 3.8) is 0 Å². The molecule has 256 valence electrons. The highest BCUT2D eigenvalue weighted by Gasteiger charge is 2.56. The van der Waals surface area contributed by atoms with Crippen molar-refractivity contribution in [3.05, 3.63) is 64.7 Å². The van der Waals surface area contributed by atoms with Gasteiger partial charge in [-0.1, -0.05) is 55.5 Å². The molecule has 11 nitrogen and oxygen atoms in total. The predicted molar refractivity (Wildman–Crippen MR) is 182 cm³/mol. The first kappa shape index (κ1) is 35.9. The van der Waals surface area contributed by atoms with E-state index in [4.69, 9.17) is 14.2 Å². The Hall–Kier alpha value is -3.90. The average molecular weight is 667 g/mol. The Bertz CT molecular complexity index is 1500. The van der Waals surface area contributed by atoms with Gasteiger partial charge in [0.1, 0.15) is 24.6 Å². The summed E-state index contributed by atoms with van der Waals surface area (Å²) in [6.07, 6.45) is -0.575. The molecule has 0 radical (unpaired) electrons. The van der Waals surface area contributed by atoms with Crippen LogP contribution in [0.5, 0.6) is 5.75 Å². The molecule has 0 saturated carbocycles. The molecule has 4 rings (SSSR count). The number of hydrogen-bond donors (Lipinski definition) is 2. The first-order chi connectivity index (χ1) is 21.8. The maximum Gasteiger partial charge on any atom is 0.408 e. The molecule has 2 aliphatic heterocycles. The third kappa shape index (κ3) is 8.72. The zero-order chi connectivity index (χ0) is 34.8. The monoisotopic (exact) mass is 666 g/mol. The van der Waals surface area contributed by atoms with Crippen molar-refractivity contribution in [1.82, 2.24) is 20.4 Å². The molecule has 2 aromatic rings. The predicted octanol–water partition coefficient (Wildman–Crippen LogP) is 5.46. The van der Waals surface area contributed by atoms with Crippen molar-refractivity contribution in [1.29, 1.82) is 0 Å². The lowest BCUT2D eigenvalue weighted by Crippen LogP contribution is -2.55. The zero-order valence-electron chi connectivity index (χ0n) is 29.2. The molecule has 0 aromatic heterocycles. The first-order valence-electron chi connectivity index (χ1n) is 16.1. The number of urea groups is 1. The summed E-state index contributed by atoms with van der Waals surface area (Å²) < 4.78 is 17.7. The highest BCUT2D eigenvalue weighted by atomic mass is 28.3. The zero-order valence-corrected chi connectivity index (χ0v) is 30.2. The van der Waals surface area contributed by atoms with E-state index in [-0.39, 0.29) is 26.2 Å². The third-order valence-corrected chi connectivity index (χ3v) is 10.1. The Balaban J connectivity index is 1.51. The lowest BCUT2D eigenvalue weighted by molar-refractivity contribution is -0.146. The Labute approximate surface area is 279 Å². The number of likely N-dealkylation sites (tertiary alicyclic amines) is 1. The SMILES string of the molecule is Cc1ccc(C)c(COc2ccc(C3(OC(=O)NC(C)(C)C)CCN(CC4(C)NC(=O)N(COCC[Si](C)(C)C)C4=O)C3=O)cc2)c1. The van der Waals surface area contributed by atoms with Crippen molar-refractivity contribution in [3.8, 4) is 5.75 Å². The van der Waals surface area contributed by atoms with Gasteiger partial charge in [0.05, 0.1) is 6.54 Å². The minimum absolute atomic E-state index is 0.0924. The number of hydrogen-bond acceptors (Lipinski definition) is 7. The number of nitrogens with zero attached hydrogens (tertiary/aromatic N) is 2. The summed E-state index contributed by atoms with van der Waals surface area (Å²) in [6, 6.07) is 13.5. The minimum atomic E-state index is -1.64. The van der Waals surface area contributed by atoms with Crippen LogP contribution in [0.4, 0.5) is 9.59 Å². The summed E-state index contributed by atoms with van der Waals surface area (Å²) in [5.41, 5.74) is 0.231. The van der Waals surface area contributed by atoms with Crippen LogP contribution in [0.1, 0.15) is 56.4 Å². The fourth-order valence-corrected chi connectivity index (χ4v) is 6.40. The summed E-state index contributed by atoms with van der Waals surface area (Å²) in [5, 5.41) is 5.53. The molecule has 2 aliphatic rings. The summed E-state index contributed by atoms with van der Waals surface area (Å²) >= 11 is 0. The third-order valence-electron chi connectivity index (χ3n) is 8.40. The van der Waals surface area contributed by atoms with Crippen LogP contribution in [0.25, 0.3) is 0 Å². The van der Waals surface area contributed by atoms with Crippen LogP contribution in [0.2, 0.25) is 25.7 Å². The Morgan fingerprint density at radius 3 is 2.34 bits per heavy atom. The molecule has 12 heteroatoms. The summed E-state index contributed by atoms with van der Waals surface area (Å²) in [4.78, 5) is 56.1. The number of nitrogens with one attached hydrogen (secondary N) is 2. The van der Waals surface area contributed by atoms with Crippen LogP contribution in [0, 0.1) is 13.8 Å². The van der Waals surface area contributed by atoms with Gasteiger partial charge in [0.25, 0.3) is 11.8 Å². The van der Waals surface area contributed by atoms with E-state index in [1.165, 1.54) is 4.90 Å². The van der Waals surface area contributed by atoms with Gasteiger partial charge in [-0.05, 0) is 70.8 Å². The summed E-state index contributed by atoms with van der Waals surface area (Å²) in [7, 11) is -1.34. The molecule has 47 heavy (non-hydrogen) atoms. The van der Waals surface area contributed by atoms with E-state index in [1.807, 2.05) is 34.6 Å². The van der Waals surface area contributed by atoms with E-state index >= 15 is 0 Å². The lowest BCUT2D eigenvalue weighted by atomic mass is 9.91. The fourth-order valence-electron chi connectivity index (χ4n) is 5.64. The van der Waals surface area contributed by atoms with Crippen molar-refractivity contribution in [2.45, 2.75) is 96.9 Å². The smallest absolute Gasteiger partial charge is 0.408 e. The largest absolute Gasteiger partial charge is 0.489 e. The highest BCUT2D eigenvalue weighted by Crippen LogP contribution is 2.39. The van der Waals surface area contributed by atoms with Gasteiger partial charge in [-0.25, -0.2) is 14.5 Å². The van der Waals surface area contributed by atoms with Gasteiger partial charge in [0.15, 0.2) is 0 Å². The van der Waals surface area contributed by atoms with Crippen molar-refractivity contribution >= 4 is 32.0 Å². The molecular formula is C35H50N4O7Si. The molecule has 0 bridgehead atoms. The van der Waals surface area contributed by atoms with Crippen molar-refractivity contribution in [2.75, 3.05) is 26.4 Å². The molecule has 2 heterocycles. The van der Waals surface area contributed by atoms with Gasteiger partial charge in [0.2, 0.25) is 5.60 Å². The van der Waals surface area contributed by atoms with E-state index in [0.717, 1.165) is 27.6 Å².